The Hall–Kier alpha value is -2.38. The van der Waals surface area contributed by atoms with Crippen LogP contribution >= 0.6 is 0 Å². The van der Waals surface area contributed by atoms with Gasteiger partial charge in [-0.05, 0) is 18.1 Å². The molecule has 1 fully saturated rings. The fourth-order valence-corrected chi connectivity index (χ4v) is 2.98. The minimum absolute atomic E-state index is 0.0228. The zero-order valence-electron chi connectivity index (χ0n) is 13.5. The van der Waals surface area contributed by atoms with E-state index < -0.39 is 11.3 Å². The number of nitrogens with zero attached hydrogens (tertiary/aromatic N) is 3. The van der Waals surface area contributed by atoms with Gasteiger partial charge in [0.25, 0.3) is 5.91 Å². The van der Waals surface area contributed by atoms with Gasteiger partial charge in [0.2, 0.25) is 0 Å². The van der Waals surface area contributed by atoms with Crippen molar-refractivity contribution in [2.24, 2.45) is 5.41 Å². The Morgan fingerprint density at radius 3 is 2.54 bits per heavy atom. The second kappa shape index (κ2) is 6.26. The van der Waals surface area contributed by atoms with Crippen LogP contribution in [0, 0.1) is 5.41 Å². The second-order valence-corrected chi connectivity index (χ2v) is 6.27. The number of para-hydroxylation sites is 1. The van der Waals surface area contributed by atoms with Crippen LogP contribution < -0.4 is 0 Å². The predicted octanol–water partition coefficient (Wildman–Crippen LogP) is 0.567. The van der Waals surface area contributed by atoms with E-state index in [2.05, 4.69) is 5.10 Å². The molecule has 7 heteroatoms. The second-order valence-electron chi connectivity index (χ2n) is 6.27. The molecular weight excluding hydrogens is 310 g/mol. The number of aliphatic hydroxyl groups excluding tert-OH is 2. The topological polar surface area (TPSA) is 98.8 Å². The van der Waals surface area contributed by atoms with Gasteiger partial charge in [-0.2, -0.15) is 5.10 Å². The van der Waals surface area contributed by atoms with Crippen LogP contribution in [0.1, 0.15) is 23.0 Å². The lowest BCUT2D eigenvalue weighted by molar-refractivity contribution is -0.0592. The molecule has 1 aliphatic rings. The molecule has 0 unspecified atom stereocenters. The zero-order valence-corrected chi connectivity index (χ0v) is 13.5. The van der Waals surface area contributed by atoms with Gasteiger partial charge < -0.3 is 20.2 Å². The molecule has 1 aromatic carbocycles. The Morgan fingerprint density at radius 2 is 1.92 bits per heavy atom. The monoisotopic (exact) mass is 331 g/mol. The maximum Gasteiger partial charge on any atom is 0.278 e. The molecule has 3 N–H and O–H groups in total. The van der Waals surface area contributed by atoms with Gasteiger partial charge in [0.1, 0.15) is 0 Å². The Kier molecular flexibility index (Phi) is 4.29. The molecule has 7 nitrogen and oxygen atoms in total. The molecule has 1 aromatic heterocycles. The van der Waals surface area contributed by atoms with Gasteiger partial charge in [-0.1, -0.05) is 25.1 Å². The molecule has 128 valence electrons. The van der Waals surface area contributed by atoms with Gasteiger partial charge in [0.15, 0.2) is 11.4 Å². The number of aliphatic hydroxyl groups is 2. The lowest BCUT2D eigenvalue weighted by Gasteiger charge is -2.47. The van der Waals surface area contributed by atoms with E-state index in [0.29, 0.717) is 0 Å². The van der Waals surface area contributed by atoms with E-state index in [1.54, 1.807) is 0 Å². The third-order valence-corrected chi connectivity index (χ3v) is 4.53. The number of carbonyl (C=O) groups is 1. The Balaban J connectivity index is 1.84. The summed E-state index contributed by atoms with van der Waals surface area (Å²) < 4.78 is 1.51. The largest absolute Gasteiger partial charge is 0.504 e. The van der Waals surface area contributed by atoms with Crippen LogP contribution in [0.3, 0.4) is 0 Å². The summed E-state index contributed by atoms with van der Waals surface area (Å²) in [6, 6.07) is 7.66. The fourth-order valence-electron chi connectivity index (χ4n) is 2.98. The van der Waals surface area contributed by atoms with Crippen molar-refractivity contribution in [3.05, 3.63) is 41.7 Å². The highest BCUT2D eigenvalue weighted by molar-refractivity contribution is 5.95. The van der Waals surface area contributed by atoms with E-state index in [4.69, 9.17) is 0 Å². The van der Waals surface area contributed by atoms with Crippen molar-refractivity contribution in [1.29, 1.82) is 0 Å². The average Bonchev–Trinajstić information content (AvgIpc) is 2.96. The van der Waals surface area contributed by atoms with Crippen molar-refractivity contribution in [2.45, 2.75) is 13.3 Å². The van der Waals surface area contributed by atoms with Gasteiger partial charge in [-0.3, -0.25) is 4.79 Å². The molecule has 1 aliphatic heterocycles. The highest BCUT2D eigenvalue weighted by atomic mass is 16.3. The fraction of sp³-hybridized carbons (Fsp3) is 0.412. The smallest absolute Gasteiger partial charge is 0.278 e. The zero-order chi connectivity index (χ0) is 17.3. The first-order chi connectivity index (χ1) is 11.5. The van der Waals surface area contributed by atoms with Crippen molar-refractivity contribution in [3.63, 3.8) is 0 Å². The maximum atomic E-state index is 12.5. The quantitative estimate of drug-likeness (QED) is 0.744. The summed E-state index contributed by atoms with van der Waals surface area (Å²) in [6.45, 7) is 2.15. The number of aromatic nitrogens is 2. The van der Waals surface area contributed by atoms with E-state index in [1.807, 2.05) is 31.2 Å². The number of rotatable bonds is 5. The normalized spacial score (nSPS) is 16.0. The number of carbonyl (C=O) groups excluding carboxylic acids is 1. The summed E-state index contributed by atoms with van der Waals surface area (Å²) in [4.78, 5) is 14.0. The van der Waals surface area contributed by atoms with Crippen LogP contribution in [-0.4, -0.2) is 62.2 Å². The molecule has 2 heterocycles. The van der Waals surface area contributed by atoms with E-state index >= 15 is 0 Å². The molecule has 0 atom stereocenters. The molecule has 3 rings (SSSR count). The van der Waals surface area contributed by atoms with Crippen molar-refractivity contribution >= 4 is 5.91 Å². The molecule has 0 aliphatic carbocycles. The highest BCUT2D eigenvalue weighted by Gasteiger charge is 2.45. The lowest BCUT2D eigenvalue weighted by atomic mass is 9.81. The Morgan fingerprint density at radius 1 is 1.25 bits per heavy atom. The average molecular weight is 331 g/mol. The predicted molar refractivity (Wildman–Crippen MR) is 87.1 cm³/mol. The number of likely N-dealkylation sites (tertiary alicyclic amines) is 1. The lowest BCUT2D eigenvalue weighted by Crippen LogP contribution is -2.62. The number of aromatic hydroxyl groups is 1. The van der Waals surface area contributed by atoms with Gasteiger partial charge in [-0.15, -0.1) is 0 Å². The third-order valence-electron chi connectivity index (χ3n) is 4.53. The van der Waals surface area contributed by atoms with Crippen LogP contribution in [0.5, 0.6) is 5.75 Å². The Bertz CT molecular complexity index is 744. The summed E-state index contributed by atoms with van der Waals surface area (Å²) in [5.74, 6) is -0.589. The van der Waals surface area contributed by atoms with Crippen molar-refractivity contribution < 1.29 is 20.1 Å². The molecule has 24 heavy (non-hydrogen) atoms. The Labute approximate surface area is 139 Å². The standard InChI is InChI=1S/C17H21N3O4/c1-2-12-5-3-4-6-13(12)20-7-14(23)15(18-20)16(24)19-8-17(9-19,10-21)11-22/h3-7,21-23H,2,8-11H2,1H3. The third kappa shape index (κ3) is 2.65. The van der Waals surface area contributed by atoms with Gasteiger partial charge in [0.05, 0.1) is 30.5 Å². The molecule has 1 amide bonds. The highest BCUT2D eigenvalue weighted by Crippen LogP contribution is 2.32. The molecule has 0 saturated carbocycles. The number of aryl methyl sites for hydroxylation is 1. The van der Waals surface area contributed by atoms with Crippen molar-refractivity contribution in [2.75, 3.05) is 26.3 Å². The molecule has 1 saturated heterocycles. The summed E-state index contributed by atoms with van der Waals surface area (Å²) >= 11 is 0. The molecule has 0 radical (unpaired) electrons. The molecular formula is C17H21N3O4. The van der Waals surface area contributed by atoms with E-state index in [0.717, 1.165) is 17.7 Å². The van der Waals surface area contributed by atoms with E-state index in [-0.39, 0.29) is 37.7 Å². The minimum Gasteiger partial charge on any atom is -0.504 e. The number of amides is 1. The summed E-state index contributed by atoms with van der Waals surface area (Å²) in [5, 5.41) is 33.0. The SMILES string of the molecule is CCc1ccccc1-n1cc(O)c(C(=O)N2CC(CO)(CO)C2)n1. The van der Waals surface area contributed by atoms with Gasteiger partial charge in [-0.25, -0.2) is 4.68 Å². The first-order valence-corrected chi connectivity index (χ1v) is 7.91. The number of benzene rings is 1. The van der Waals surface area contributed by atoms with E-state index in [9.17, 15) is 20.1 Å². The van der Waals surface area contributed by atoms with Crippen LogP contribution in [0.2, 0.25) is 0 Å². The summed E-state index contributed by atoms with van der Waals surface area (Å²) in [7, 11) is 0. The number of hydrogen-bond acceptors (Lipinski definition) is 5. The first-order valence-electron chi connectivity index (χ1n) is 7.91. The summed E-state index contributed by atoms with van der Waals surface area (Å²) in [5.41, 5.74) is 1.20. The molecule has 0 spiro atoms. The van der Waals surface area contributed by atoms with Crippen LogP contribution in [0.4, 0.5) is 0 Å². The minimum atomic E-state index is -0.650. The first kappa shape index (κ1) is 16.5. The van der Waals surface area contributed by atoms with Gasteiger partial charge in [0, 0.05) is 13.1 Å². The number of hydrogen-bond donors (Lipinski definition) is 3. The molecule has 2 aromatic rings. The van der Waals surface area contributed by atoms with Crippen molar-refractivity contribution in [3.8, 4) is 11.4 Å². The van der Waals surface area contributed by atoms with Crippen LogP contribution in [-0.2, 0) is 6.42 Å². The summed E-state index contributed by atoms with van der Waals surface area (Å²) in [6.07, 6.45) is 2.23. The van der Waals surface area contributed by atoms with Crippen molar-refractivity contribution in [1.82, 2.24) is 14.7 Å². The van der Waals surface area contributed by atoms with E-state index in [1.165, 1.54) is 15.8 Å². The maximum absolute atomic E-state index is 12.5. The molecule has 0 bridgehead atoms. The van der Waals surface area contributed by atoms with Crippen LogP contribution in [0.15, 0.2) is 30.5 Å². The van der Waals surface area contributed by atoms with Gasteiger partial charge >= 0.3 is 0 Å². The van der Waals surface area contributed by atoms with Crippen LogP contribution in [0.25, 0.3) is 5.69 Å².